The van der Waals surface area contributed by atoms with Crippen LogP contribution in [0.15, 0.2) is 28.7 Å². The van der Waals surface area contributed by atoms with Crippen molar-refractivity contribution in [1.82, 2.24) is 9.80 Å². The number of hydrogen-bond donors (Lipinski definition) is 0. The Balaban J connectivity index is 2.69. The van der Waals surface area contributed by atoms with E-state index in [4.69, 9.17) is 4.74 Å². The molecule has 0 N–H and O–H groups in total. The molecule has 0 heterocycles. The summed E-state index contributed by atoms with van der Waals surface area (Å²) in [5.74, 6) is -0.325. The van der Waals surface area contributed by atoms with Gasteiger partial charge < -0.3 is 14.5 Å². The van der Waals surface area contributed by atoms with E-state index in [0.717, 1.165) is 17.4 Å². The number of benzene rings is 1. The largest absolute Gasteiger partial charge is 0.466 e. The summed E-state index contributed by atoms with van der Waals surface area (Å²) < 4.78 is 5.88. The zero-order chi connectivity index (χ0) is 17.2. The quantitative estimate of drug-likeness (QED) is 0.614. The van der Waals surface area contributed by atoms with Crippen molar-refractivity contribution in [3.05, 3.63) is 34.3 Å². The van der Waals surface area contributed by atoms with Crippen LogP contribution in [0.1, 0.15) is 30.1 Å². The summed E-state index contributed by atoms with van der Waals surface area (Å²) in [5.41, 5.74) is 0.627. The van der Waals surface area contributed by atoms with E-state index in [1.54, 1.807) is 24.0 Å². The van der Waals surface area contributed by atoms with Gasteiger partial charge in [-0.3, -0.25) is 9.59 Å². The molecule has 6 heteroatoms. The molecule has 0 radical (unpaired) electrons. The number of nitrogens with zero attached hydrogens (tertiary/aromatic N) is 2. The van der Waals surface area contributed by atoms with Crippen LogP contribution in [0.3, 0.4) is 0 Å². The summed E-state index contributed by atoms with van der Waals surface area (Å²) >= 11 is 3.36. The number of rotatable bonds is 9. The first-order chi connectivity index (χ1) is 10.9. The molecule has 1 aromatic carbocycles. The highest BCUT2D eigenvalue weighted by Crippen LogP contribution is 2.13. The molecular weight excluding hydrogens is 360 g/mol. The van der Waals surface area contributed by atoms with E-state index < -0.39 is 0 Å². The number of carbonyl (C=O) groups is 2. The Morgan fingerprint density at radius 3 is 2.30 bits per heavy atom. The minimum absolute atomic E-state index is 0.0550. The lowest BCUT2D eigenvalue weighted by molar-refractivity contribution is -0.143. The summed E-state index contributed by atoms with van der Waals surface area (Å²) in [5, 5.41) is 0. The lowest BCUT2D eigenvalue weighted by Crippen LogP contribution is -2.35. The smallest absolute Gasteiger partial charge is 0.307 e. The van der Waals surface area contributed by atoms with Crippen LogP contribution in [0.4, 0.5) is 0 Å². The maximum absolute atomic E-state index is 12.6. The standard InChI is InChI=1S/C17H25BrN2O3/c1-4-23-16(21)10-13-20(12-5-11-19(2)3)17(22)14-6-8-15(18)9-7-14/h6-9H,4-5,10-13H2,1-3H3. The first-order valence-corrected chi connectivity index (χ1v) is 8.58. The van der Waals surface area contributed by atoms with Crippen LogP contribution in [0.2, 0.25) is 0 Å². The van der Waals surface area contributed by atoms with Crippen LogP contribution in [-0.4, -0.2) is 62.0 Å². The zero-order valence-electron chi connectivity index (χ0n) is 14.0. The fourth-order valence-electron chi connectivity index (χ4n) is 2.13. The van der Waals surface area contributed by atoms with Crippen LogP contribution in [0.5, 0.6) is 0 Å². The third-order valence-corrected chi connectivity index (χ3v) is 3.83. The third-order valence-electron chi connectivity index (χ3n) is 3.30. The molecule has 0 aliphatic rings. The minimum atomic E-state index is -0.270. The molecule has 0 unspecified atom stereocenters. The van der Waals surface area contributed by atoms with Crippen LogP contribution >= 0.6 is 15.9 Å². The second-order valence-electron chi connectivity index (χ2n) is 5.51. The maximum atomic E-state index is 12.6. The van der Waals surface area contributed by atoms with E-state index in [1.165, 1.54) is 0 Å². The summed E-state index contributed by atoms with van der Waals surface area (Å²) in [4.78, 5) is 28.0. The number of halogens is 1. The predicted octanol–water partition coefficient (Wildman–Crippen LogP) is 2.80. The van der Waals surface area contributed by atoms with E-state index in [1.807, 2.05) is 26.2 Å². The molecule has 128 valence electrons. The van der Waals surface area contributed by atoms with Gasteiger partial charge in [0.2, 0.25) is 0 Å². The Kier molecular flexibility index (Phi) is 8.87. The molecule has 0 saturated heterocycles. The first-order valence-electron chi connectivity index (χ1n) is 7.79. The summed E-state index contributed by atoms with van der Waals surface area (Å²) in [6, 6.07) is 7.26. The molecular formula is C17H25BrN2O3. The van der Waals surface area contributed by atoms with Gasteiger partial charge in [0, 0.05) is 23.1 Å². The molecule has 0 saturated carbocycles. The summed E-state index contributed by atoms with van der Waals surface area (Å²) in [7, 11) is 4.00. The van der Waals surface area contributed by atoms with Gasteiger partial charge in [-0.05, 0) is 58.3 Å². The molecule has 23 heavy (non-hydrogen) atoms. The Morgan fingerprint density at radius 2 is 1.74 bits per heavy atom. The average Bonchev–Trinajstić information content (AvgIpc) is 2.50. The van der Waals surface area contributed by atoms with E-state index in [0.29, 0.717) is 25.3 Å². The summed E-state index contributed by atoms with van der Waals surface area (Å²) in [6.45, 7) is 4.02. The van der Waals surface area contributed by atoms with E-state index >= 15 is 0 Å². The zero-order valence-corrected chi connectivity index (χ0v) is 15.6. The van der Waals surface area contributed by atoms with Gasteiger partial charge in [-0.15, -0.1) is 0 Å². The predicted molar refractivity (Wildman–Crippen MR) is 94.5 cm³/mol. The first kappa shape index (κ1) is 19.6. The molecule has 5 nitrogen and oxygen atoms in total. The summed E-state index contributed by atoms with van der Waals surface area (Å²) in [6.07, 6.45) is 1.08. The maximum Gasteiger partial charge on any atom is 0.307 e. The topological polar surface area (TPSA) is 49.9 Å². The van der Waals surface area contributed by atoms with E-state index in [9.17, 15) is 9.59 Å². The number of esters is 1. The fourth-order valence-corrected chi connectivity index (χ4v) is 2.39. The third kappa shape index (κ3) is 7.61. The molecule has 0 fully saturated rings. The van der Waals surface area contributed by atoms with Gasteiger partial charge in [-0.1, -0.05) is 15.9 Å². The normalized spacial score (nSPS) is 10.7. The lowest BCUT2D eigenvalue weighted by atomic mass is 10.2. The number of amides is 1. The molecule has 0 aliphatic heterocycles. The molecule has 0 aromatic heterocycles. The average molecular weight is 385 g/mol. The van der Waals surface area contributed by atoms with Crippen molar-refractivity contribution in [2.45, 2.75) is 19.8 Å². The Hall–Kier alpha value is -1.40. The fraction of sp³-hybridized carbons (Fsp3) is 0.529. The number of hydrogen-bond acceptors (Lipinski definition) is 4. The highest BCUT2D eigenvalue weighted by molar-refractivity contribution is 9.10. The second kappa shape index (κ2) is 10.4. The van der Waals surface area contributed by atoms with E-state index in [2.05, 4.69) is 20.8 Å². The van der Waals surface area contributed by atoms with Gasteiger partial charge in [0.25, 0.3) is 5.91 Å². The van der Waals surface area contributed by atoms with Crippen molar-refractivity contribution in [3.63, 3.8) is 0 Å². The number of ether oxygens (including phenoxy) is 1. The highest BCUT2D eigenvalue weighted by Gasteiger charge is 2.17. The molecule has 0 atom stereocenters. The van der Waals surface area contributed by atoms with Crippen LogP contribution < -0.4 is 0 Å². The Bertz CT molecular complexity index is 503. The Labute approximate surface area is 146 Å². The lowest BCUT2D eigenvalue weighted by Gasteiger charge is -2.23. The van der Waals surface area contributed by atoms with Crippen molar-refractivity contribution >= 4 is 27.8 Å². The molecule has 0 bridgehead atoms. The van der Waals surface area contributed by atoms with Gasteiger partial charge in [-0.25, -0.2) is 0 Å². The van der Waals surface area contributed by atoms with Gasteiger partial charge in [0.15, 0.2) is 0 Å². The SMILES string of the molecule is CCOC(=O)CCN(CCCN(C)C)C(=O)c1ccc(Br)cc1. The number of carbonyl (C=O) groups excluding carboxylic acids is 2. The Morgan fingerprint density at radius 1 is 1.09 bits per heavy atom. The van der Waals surface area contributed by atoms with Crippen molar-refractivity contribution in [2.75, 3.05) is 40.3 Å². The van der Waals surface area contributed by atoms with Crippen molar-refractivity contribution < 1.29 is 14.3 Å². The van der Waals surface area contributed by atoms with Crippen molar-refractivity contribution in [2.24, 2.45) is 0 Å². The van der Waals surface area contributed by atoms with Gasteiger partial charge in [0.1, 0.15) is 0 Å². The minimum Gasteiger partial charge on any atom is -0.466 e. The van der Waals surface area contributed by atoms with Crippen LogP contribution in [0, 0.1) is 0 Å². The van der Waals surface area contributed by atoms with Crippen molar-refractivity contribution in [1.29, 1.82) is 0 Å². The molecule has 1 aromatic rings. The highest BCUT2D eigenvalue weighted by atomic mass is 79.9. The van der Waals surface area contributed by atoms with Crippen LogP contribution in [-0.2, 0) is 9.53 Å². The van der Waals surface area contributed by atoms with Gasteiger partial charge in [-0.2, -0.15) is 0 Å². The van der Waals surface area contributed by atoms with Crippen molar-refractivity contribution in [3.8, 4) is 0 Å². The van der Waals surface area contributed by atoms with E-state index in [-0.39, 0.29) is 18.3 Å². The second-order valence-corrected chi connectivity index (χ2v) is 6.43. The molecule has 1 amide bonds. The van der Waals surface area contributed by atoms with Crippen LogP contribution in [0.25, 0.3) is 0 Å². The van der Waals surface area contributed by atoms with Gasteiger partial charge in [0.05, 0.1) is 13.0 Å². The van der Waals surface area contributed by atoms with Gasteiger partial charge >= 0.3 is 5.97 Å². The molecule has 0 aliphatic carbocycles. The monoisotopic (exact) mass is 384 g/mol. The molecule has 0 spiro atoms. The molecule has 1 rings (SSSR count).